The topological polar surface area (TPSA) is 93.8 Å². The first-order chi connectivity index (χ1) is 14.3. The van der Waals surface area contributed by atoms with Crippen LogP contribution in [0.4, 0.5) is 0 Å². The Kier molecular flexibility index (Phi) is 6.99. The number of amides is 1. The second kappa shape index (κ2) is 9.49. The van der Waals surface area contributed by atoms with E-state index in [0.717, 1.165) is 7.11 Å². The number of hydrogen-bond donors (Lipinski definition) is 1. The number of ether oxygens (including phenoxy) is 1. The molecule has 0 aliphatic heterocycles. The number of esters is 1. The van der Waals surface area contributed by atoms with Crippen molar-refractivity contribution in [3.8, 4) is 11.3 Å². The zero-order valence-electron chi connectivity index (χ0n) is 15.1. The van der Waals surface area contributed by atoms with E-state index in [-0.39, 0.29) is 26.9 Å². The number of carbonyl (C=O) groups excluding carboxylic acids is 2. The molecule has 0 saturated heterocycles. The van der Waals surface area contributed by atoms with E-state index in [4.69, 9.17) is 55.7 Å². The highest BCUT2D eigenvalue weighted by molar-refractivity contribution is 6.39. The third-order valence-corrected chi connectivity index (χ3v) is 5.14. The van der Waals surface area contributed by atoms with Gasteiger partial charge < -0.3 is 9.26 Å². The van der Waals surface area contributed by atoms with Crippen LogP contribution in [0, 0.1) is 0 Å². The van der Waals surface area contributed by atoms with Gasteiger partial charge in [-0.2, -0.15) is 5.10 Å². The van der Waals surface area contributed by atoms with Crippen LogP contribution in [-0.2, 0) is 4.74 Å². The largest absolute Gasteiger partial charge is 0.465 e. The van der Waals surface area contributed by atoms with E-state index < -0.39 is 17.6 Å². The molecule has 0 saturated carbocycles. The zero-order valence-corrected chi connectivity index (χ0v) is 18.1. The Balaban J connectivity index is 1.96. The number of nitrogens with zero attached hydrogens (tertiary/aromatic N) is 2. The highest BCUT2D eigenvalue weighted by atomic mass is 35.5. The highest BCUT2D eigenvalue weighted by Crippen LogP contribution is 2.37. The molecule has 0 bridgehead atoms. The Labute approximate surface area is 190 Å². The van der Waals surface area contributed by atoms with Crippen LogP contribution < -0.4 is 5.43 Å². The second-order valence-electron chi connectivity index (χ2n) is 5.66. The van der Waals surface area contributed by atoms with Gasteiger partial charge in [-0.25, -0.2) is 10.2 Å². The average molecular weight is 487 g/mol. The molecule has 0 spiro atoms. The maximum absolute atomic E-state index is 12.6. The first-order valence-corrected chi connectivity index (χ1v) is 9.66. The third-order valence-electron chi connectivity index (χ3n) is 3.85. The Morgan fingerprint density at radius 1 is 1.03 bits per heavy atom. The van der Waals surface area contributed by atoms with Gasteiger partial charge in [0.05, 0.1) is 33.4 Å². The van der Waals surface area contributed by atoms with E-state index in [2.05, 4.69) is 15.7 Å². The van der Waals surface area contributed by atoms with Gasteiger partial charge in [0, 0.05) is 11.1 Å². The molecule has 0 atom stereocenters. The van der Waals surface area contributed by atoms with E-state index in [9.17, 15) is 9.59 Å². The maximum Gasteiger partial charge on any atom is 0.344 e. The molecule has 7 nitrogen and oxygen atoms in total. The summed E-state index contributed by atoms with van der Waals surface area (Å²) < 4.78 is 9.84. The first-order valence-electron chi connectivity index (χ1n) is 8.15. The van der Waals surface area contributed by atoms with Crippen LogP contribution in [0.1, 0.15) is 26.5 Å². The summed E-state index contributed by atoms with van der Waals surface area (Å²) in [7, 11) is 1.15. The zero-order chi connectivity index (χ0) is 21.8. The van der Waals surface area contributed by atoms with Crippen molar-refractivity contribution in [2.75, 3.05) is 7.11 Å². The van der Waals surface area contributed by atoms with Crippen LogP contribution in [0.25, 0.3) is 11.3 Å². The normalized spacial score (nSPS) is 11.0. The quantitative estimate of drug-likeness (QED) is 0.291. The maximum atomic E-state index is 12.6. The highest BCUT2D eigenvalue weighted by Gasteiger charge is 2.31. The lowest BCUT2D eigenvalue weighted by atomic mass is 10.1. The number of rotatable bonds is 5. The Morgan fingerprint density at radius 3 is 2.17 bits per heavy atom. The molecule has 3 rings (SSSR count). The van der Waals surface area contributed by atoms with Crippen LogP contribution in [0.15, 0.2) is 46.0 Å². The number of carbonyl (C=O) groups is 2. The number of aromatic nitrogens is 1. The van der Waals surface area contributed by atoms with Gasteiger partial charge in [-0.3, -0.25) is 4.79 Å². The summed E-state index contributed by atoms with van der Waals surface area (Å²) in [6.07, 6.45) is 1.25. The molecule has 0 fully saturated rings. The number of halogens is 4. The SMILES string of the molecule is COC(=O)c1c(-c2c(Cl)cccc2Cl)noc1C(=O)NN=Cc1c(Cl)cccc1Cl. The molecule has 0 aliphatic carbocycles. The predicted octanol–water partition coefficient (Wildman–Crippen LogP) is 5.51. The minimum atomic E-state index is -0.870. The van der Waals surface area contributed by atoms with Crippen molar-refractivity contribution in [1.82, 2.24) is 10.6 Å². The van der Waals surface area contributed by atoms with Crippen molar-refractivity contribution in [1.29, 1.82) is 0 Å². The summed E-state index contributed by atoms with van der Waals surface area (Å²) in [4.78, 5) is 24.9. The standard InChI is InChI=1S/C19H11Cl4N3O4/c1-29-19(28)15-16(14-12(22)6-3-7-13(14)23)26-30-17(15)18(27)25-24-8-9-10(20)4-2-5-11(9)21/h2-8H,1H3,(H,25,27). The molecule has 154 valence electrons. The van der Waals surface area contributed by atoms with Gasteiger partial charge in [0.25, 0.3) is 0 Å². The fourth-order valence-electron chi connectivity index (χ4n) is 2.47. The van der Waals surface area contributed by atoms with Crippen LogP contribution in [0.3, 0.4) is 0 Å². The second-order valence-corrected chi connectivity index (χ2v) is 7.29. The fraction of sp³-hybridized carbons (Fsp3) is 0.0526. The third kappa shape index (κ3) is 4.44. The molecule has 3 aromatic rings. The number of benzene rings is 2. The Bertz CT molecular complexity index is 1120. The van der Waals surface area contributed by atoms with Gasteiger partial charge in [-0.05, 0) is 24.3 Å². The molecule has 11 heteroatoms. The Morgan fingerprint density at radius 2 is 1.60 bits per heavy atom. The van der Waals surface area contributed by atoms with Crippen molar-refractivity contribution in [3.63, 3.8) is 0 Å². The van der Waals surface area contributed by atoms with Crippen LogP contribution in [0.2, 0.25) is 20.1 Å². The molecule has 0 radical (unpaired) electrons. The minimum absolute atomic E-state index is 0.0410. The monoisotopic (exact) mass is 485 g/mol. The summed E-state index contributed by atoms with van der Waals surface area (Å²) in [6, 6.07) is 9.61. The fourth-order valence-corrected chi connectivity index (χ4v) is 3.54. The van der Waals surface area contributed by atoms with Gasteiger partial charge in [-0.15, -0.1) is 0 Å². The number of hydrazone groups is 1. The van der Waals surface area contributed by atoms with Crippen LogP contribution >= 0.6 is 46.4 Å². The summed E-state index contributed by atoms with van der Waals surface area (Å²) in [5.74, 6) is -2.17. The van der Waals surface area contributed by atoms with Gasteiger partial charge in [0.2, 0.25) is 5.76 Å². The number of hydrogen-bond acceptors (Lipinski definition) is 6. The molecule has 30 heavy (non-hydrogen) atoms. The van der Waals surface area contributed by atoms with Crippen LogP contribution in [0.5, 0.6) is 0 Å². The molecular weight excluding hydrogens is 476 g/mol. The molecule has 1 aromatic heterocycles. The molecular formula is C19H11Cl4N3O4. The Hall–Kier alpha value is -2.58. The summed E-state index contributed by atoms with van der Waals surface area (Å²) in [5.41, 5.74) is 2.54. The smallest absolute Gasteiger partial charge is 0.344 e. The lowest BCUT2D eigenvalue weighted by molar-refractivity contribution is 0.0594. The first kappa shape index (κ1) is 22.1. The lowest BCUT2D eigenvalue weighted by Crippen LogP contribution is -2.20. The minimum Gasteiger partial charge on any atom is -0.465 e. The van der Waals surface area contributed by atoms with Gasteiger partial charge >= 0.3 is 11.9 Å². The van der Waals surface area contributed by atoms with Crippen molar-refractivity contribution < 1.29 is 18.8 Å². The van der Waals surface area contributed by atoms with E-state index >= 15 is 0 Å². The van der Waals surface area contributed by atoms with E-state index in [1.165, 1.54) is 6.21 Å². The number of methoxy groups -OCH3 is 1. The summed E-state index contributed by atoms with van der Waals surface area (Å²) >= 11 is 24.5. The van der Waals surface area contributed by atoms with Gasteiger partial charge in [0.15, 0.2) is 0 Å². The van der Waals surface area contributed by atoms with Crippen molar-refractivity contribution >= 4 is 64.5 Å². The number of nitrogens with one attached hydrogen (secondary N) is 1. The van der Waals surface area contributed by atoms with Crippen molar-refractivity contribution in [2.24, 2.45) is 5.10 Å². The lowest BCUT2D eigenvalue weighted by Gasteiger charge is -2.05. The molecule has 0 aliphatic rings. The van der Waals surface area contributed by atoms with E-state index in [1.54, 1.807) is 36.4 Å². The summed E-state index contributed by atoms with van der Waals surface area (Å²) in [6.45, 7) is 0. The van der Waals surface area contributed by atoms with Crippen LogP contribution in [-0.4, -0.2) is 30.4 Å². The van der Waals surface area contributed by atoms with Gasteiger partial charge in [0.1, 0.15) is 11.3 Å². The predicted molar refractivity (Wildman–Crippen MR) is 115 cm³/mol. The molecule has 1 heterocycles. The summed E-state index contributed by atoms with van der Waals surface area (Å²) in [5, 5.41) is 8.68. The van der Waals surface area contributed by atoms with E-state index in [0.29, 0.717) is 15.6 Å². The molecule has 0 unspecified atom stereocenters. The molecule has 1 amide bonds. The van der Waals surface area contributed by atoms with E-state index in [1.807, 2.05) is 0 Å². The van der Waals surface area contributed by atoms with Crippen molar-refractivity contribution in [3.05, 3.63) is 73.4 Å². The van der Waals surface area contributed by atoms with Gasteiger partial charge in [-0.1, -0.05) is 63.7 Å². The average Bonchev–Trinajstić information content (AvgIpc) is 3.14. The molecule has 2 aromatic carbocycles. The van der Waals surface area contributed by atoms with Crippen molar-refractivity contribution in [2.45, 2.75) is 0 Å². The molecule has 1 N–H and O–H groups in total.